The lowest BCUT2D eigenvalue weighted by Gasteiger charge is -2.25. The second kappa shape index (κ2) is 12.9. The van der Waals surface area contributed by atoms with Crippen molar-refractivity contribution in [3.05, 3.63) is 101 Å². The fourth-order valence-corrected chi connectivity index (χ4v) is 4.60. The van der Waals surface area contributed by atoms with E-state index < -0.39 is 17.7 Å². The smallest absolute Gasteiger partial charge is 0.417 e. The van der Waals surface area contributed by atoms with Gasteiger partial charge >= 0.3 is 12.1 Å². The van der Waals surface area contributed by atoms with Gasteiger partial charge in [-0.3, -0.25) is 4.79 Å². The van der Waals surface area contributed by atoms with Gasteiger partial charge in [-0.2, -0.15) is 18.3 Å². The average Bonchev–Trinajstić information content (AvgIpc) is 3.49. The van der Waals surface area contributed by atoms with Gasteiger partial charge in [0.1, 0.15) is 5.75 Å². The van der Waals surface area contributed by atoms with E-state index in [-0.39, 0.29) is 30.1 Å². The molecule has 0 aliphatic heterocycles. The molecule has 1 aliphatic carbocycles. The number of hydrogen-bond donors (Lipinski definition) is 1. The quantitative estimate of drug-likeness (QED) is 0.236. The molecule has 0 bridgehead atoms. The third kappa shape index (κ3) is 7.64. The highest BCUT2D eigenvalue weighted by atomic mass is 19.4. The van der Waals surface area contributed by atoms with Crippen LogP contribution in [-0.2, 0) is 10.9 Å². The number of nitrogens with one attached hydrogen (secondary N) is 1. The summed E-state index contributed by atoms with van der Waals surface area (Å²) in [4.78, 5) is 32.7. The maximum atomic E-state index is 12.8. The number of carbonyl (C=O) groups is 2. The van der Waals surface area contributed by atoms with Crippen LogP contribution in [0.1, 0.15) is 64.6 Å². The zero-order chi connectivity index (χ0) is 30.4. The third-order valence-corrected chi connectivity index (χ3v) is 6.80. The van der Waals surface area contributed by atoms with Crippen molar-refractivity contribution in [3.63, 3.8) is 0 Å². The first-order valence-corrected chi connectivity index (χ1v) is 13.7. The molecule has 3 aromatic heterocycles. The summed E-state index contributed by atoms with van der Waals surface area (Å²) in [7, 11) is 0. The van der Waals surface area contributed by atoms with Gasteiger partial charge in [-0.05, 0) is 74.6 Å². The normalized spacial score (nSPS) is 15.1. The minimum Gasteiger partial charge on any atom is -0.461 e. The third-order valence-electron chi connectivity index (χ3n) is 6.80. The number of halogens is 3. The highest BCUT2D eigenvalue weighted by Crippen LogP contribution is 2.31. The largest absolute Gasteiger partial charge is 0.461 e. The highest BCUT2D eigenvalue weighted by Gasteiger charge is 2.30. The van der Waals surface area contributed by atoms with E-state index in [1.54, 1.807) is 37.4 Å². The van der Waals surface area contributed by atoms with Gasteiger partial charge in [0.05, 0.1) is 17.7 Å². The molecule has 0 atom stereocenters. The molecule has 9 nitrogen and oxygen atoms in total. The minimum atomic E-state index is -4.46. The van der Waals surface area contributed by atoms with Crippen LogP contribution < -0.4 is 10.1 Å². The molecule has 1 fully saturated rings. The van der Waals surface area contributed by atoms with Crippen LogP contribution >= 0.6 is 0 Å². The Kier molecular flexibility index (Phi) is 8.84. The first-order chi connectivity index (χ1) is 20.7. The van der Waals surface area contributed by atoms with Gasteiger partial charge in [-0.1, -0.05) is 23.8 Å². The maximum Gasteiger partial charge on any atom is 0.417 e. The van der Waals surface area contributed by atoms with E-state index in [0.29, 0.717) is 17.1 Å². The highest BCUT2D eigenvalue weighted by molar-refractivity contribution is 5.94. The molecule has 1 N–H and O–H groups in total. The van der Waals surface area contributed by atoms with Crippen LogP contribution in [0.4, 0.5) is 13.2 Å². The van der Waals surface area contributed by atoms with Crippen molar-refractivity contribution in [2.45, 2.75) is 44.8 Å². The summed E-state index contributed by atoms with van der Waals surface area (Å²) in [5.41, 5.74) is 1.88. The summed E-state index contributed by atoms with van der Waals surface area (Å²) >= 11 is 0. The molecule has 1 aliphatic rings. The minimum absolute atomic E-state index is 0.0167. The Morgan fingerprint density at radius 1 is 1.05 bits per heavy atom. The van der Waals surface area contributed by atoms with Crippen LogP contribution in [0.2, 0.25) is 0 Å². The molecule has 4 aromatic rings. The number of nitrogens with zero attached hydrogens (tertiary/aromatic N) is 4. The van der Waals surface area contributed by atoms with Gasteiger partial charge in [0.15, 0.2) is 11.5 Å². The SMILES string of the molecule is CCOC(=O)c1ccn(-c2ccc(C(=O)NC3CCC(=Cc4cccc(Oc5ccc(C(F)(F)F)cn5)c4)CC3)cn2)n1. The Hall–Kier alpha value is -5.00. The van der Waals surface area contributed by atoms with Crippen molar-refractivity contribution in [2.75, 3.05) is 6.61 Å². The van der Waals surface area contributed by atoms with Gasteiger partial charge in [0, 0.05) is 30.7 Å². The van der Waals surface area contributed by atoms with E-state index in [9.17, 15) is 22.8 Å². The average molecular weight is 592 g/mol. The number of aromatic nitrogens is 4. The summed E-state index contributed by atoms with van der Waals surface area (Å²) in [6.07, 6.45) is 4.58. The Morgan fingerprint density at radius 2 is 1.86 bits per heavy atom. The topological polar surface area (TPSA) is 108 Å². The number of rotatable bonds is 8. The molecular weight excluding hydrogens is 563 g/mol. The first kappa shape index (κ1) is 29.5. The van der Waals surface area contributed by atoms with Crippen molar-refractivity contribution in [3.8, 4) is 17.4 Å². The standard InChI is InChI=1S/C31H28F3N5O4/c1-2-42-30(41)26-14-15-39(38-26)27-12-8-22(18-35-27)29(40)37-24-10-6-20(7-11-24)16-21-4-3-5-25(17-21)43-28-13-9-23(19-36-28)31(32,33)34/h3-5,8-9,12-19,24H,2,6-7,10-11H2,1H3,(H,37,40). The summed E-state index contributed by atoms with van der Waals surface area (Å²) in [6, 6.07) is 14.2. The predicted molar refractivity (Wildman–Crippen MR) is 151 cm³/mol. The van der Waals surface area contributed by atoms with Crippen molar-refractivity contribution < 1.29 is 32.2 Å². The van der Waals surface area contributed by atoms with Crippen LogP contribution in [-0.4, -0.2) is 44.3 Å². The second-order valence-electron chi connectivity index (χ2n) is 9.88. The number of amides is 1. The van der Waals surface area contributed by atoms with Crippen molar-refractivity contribution in [1.29, 1.82) is 0 Å². The van der Waals surface area contributed by atoms with Crippen LogP contribution in [0.25, 0.3) is 11.9 Å². The Morgan fingerprint density at radius 3 is 2.53 bits per heavy atom. The summed E-state index contributed by atoms with van der Waals surface area (Å²) in [5, 5.41) is 7.24. The molecule has 0 unspecified atom stereocenters. The second-order valence-corrected chi connectivity index (χ2v) is 9.88. The Balaban J connectivity index is 1.13. The lowest BCUT2D eigenvalue weighted by Crippen LogP contribution is -2.36. The van der Waals surface area contributed by atoms with Gasteiger partial charge in [0.2, 0.25) is 5.88 Å². The molecule has 0 spiro atoms. The van der Waals surface area contributed by atoms with Gasteiger partial charge in [-0.15, -0.1) is 0 Å². The maximum absolute atomic E-state index is 12.8. The lowest BCUT2D eigenvalue weighted by atomic mass is 9.89. The van der Waals surface area contributed by atoms with E-state index in [2.05, 4.69) is 26.5 Å². The van der Waals surface area contributed by atoms with E-state index in [1.807, 2.05) is 12.1 Å². The number of pyridine rings is 2. The molecule has 3 heterocycles. The predicted octanol–water partition coefficient (Wildman–Crippen LogP) is 6.41. The van der Waals surface area contributed by atoms with E-state index in [1.165, 1.54) is 28.6 Å². The van der Waals surface area contributed by atoms with Crippen LogP contribution in [0.3, 0.4) is 0 Å². The molecule has 12 heteroatoms. The molecule has 222 valence electrons. The molecular formula is C31H28F3N5O4. The zero-order valence-corrected chi connectivity index (χ0v) is 23.2. The van der Waals surface area contributed by atoms with Crippen molar-refractivity contribution in [2.24, 2.45) is 0 Å². The van der Waals surface area contributed by atoms with E-state index >= 15 is 0 Å². The Bertz CT molecular complexity index is 1610. The molecule has 5 rings (SSSR count). The van der Waals surface area contributed by atoms with Gasteiger partial charge in [0.25, 0.3) is 5.91 Å². The number of hydrogen-bond acceptors (Lipinski definition) is 7. The Labute approximate surface area is 245 Å². The first-order valence-electron chi connectivity index (χ1n) is 13.7. The molecule has 1 aromatic carbocycles. The number of esters is 1. The summed E-state index contributed by atoms with van der Waals surface area (Å²) in [6.45, 7) is 1.97. The zero-order valence-electron chi connectivity index (χ0n) is 23.2. The molecule has 43 heavy (non-hydrogen) atoms. The van der Waals surface area contributed by atoms with Crippen LogP contribution in [0.5, 0.6) is 11.6 Å². The molecule has 1 saturated carbocycles. The monoisotopic (exact) mass is 591 g/mol. The fourth-order valence-electron chi connectivity index (χ4n) is 4.60. The number of carbonyl (C=O) groups excluding carboxylic acids is 2. The van der Waals surface area contributed by atoms with E-state index in [4.69, 9.17) is 9.47 Å². The number of ether oxygens (including phenoxy) is 2. The van der Waals surface area contributed by atoms with Gasteiger partial charge in [-0.25, -0.2) is 19.4 Å². The fraction of sp³-hybridized carbons (Fsp3) is 0.258. The van der Waals surface area contributed by atoms with Gasteiger partial charge < -0.3 is 14.8 Å². The number of alkyl halides is 3. The molecule has 0 radical (unpaired) electrons. The lowest BCUT2D eigenvalue weighted by molar-refractivity contribution is -0.137. The number of allylic oxidation sites excluding steroid dienone is 1. The number of benzene rings is 1. The van der Waals surface area contributed by atoms with Crippen LogP contribution in [0.15, 0.2) is 78.8 Å². The summed E-state index contributed by atoms with van der Waals surface area (Å²) < 4.78 is 50.3. The molecule has 0 saturated heterocycles. The summed E-state index contributed by atoms with van der Waals surface area (Å²) in [5.74, 6) is 0.271. The van der Waals surface area contributed by atoms with Crippen molar-refractivity contribution in [1.82, 2.24) is 25.1 Å². The van der Waals surface area contributed by atoms with E-state index in [0.717, 1.165) is 43.5 Å². The molecule has 1 amide bonds. The van der Waals surface area contributed by atoms with Crippen molar-refractivity contribution >= 4 is 18.0 Å². The van der Waals surface area contributed by atoms with Crippen LogP contribution in [0, 0.1) is 0 Å².